The largest absolute Gasteiger partial charge is 0.390 e. The predicted molar refractivity (Wildman–Crippen MR) is 105 cm³/mol. The lowest BCUT2D eigenvalue weighted by Gasteiger charge is -2.21. The van der Waals surface area contributed by atoms with Crippen molar-refractivity contribution in [3.63, 3.8) is 0 Å². The summed E-state index contributed by atoms with van der Waals surface area (Å²) in [6.07, 6.45) is 1.72. The summed E-state index contributed by atoms with van der Waals surface area (Å²) in [5.41, 5.74) is 2.02. The molecular weight excluding hydrogens is 342 g/mol. The molecule has 1 atom stereocenters. The number of carbonyl (C=O) groups excluding carboxylic acids is 1. The molecule has 0 spiro atoms. The molecule has 0 bridgehead atoms. The molecule has 3 rings (SSSR count). The molecule has 0 fully saturated rings. The standard InChI is InChI=1S/C20H25N5O2/c1-13(14-8-6-5-7-9-14)22-19(27)24-17-10-15-11-21-25(20(2,3)4)18(15)16(12-26)23-17/h5-11,13,26H,12H2,1-4H3,(H2,22,23,24,27)/t13-/m1/s1. The van der Waals surface area contributed by atoms with Crippen LogP contribution in [0.4, 0.5) is 10.6 Å². The predicted octanol–water partition coefficient (Wildman–Crippen LogP) is 3.56. The van der Waals surface area contributed by atoms with Crippen LogP contribution in [0.3, 0.4) is 0 Å². The minimum absolute atomic E-state index is 0.143. The van der Waals surface area contributed by atoms with E-state index in [0.717, 1.165) is 16.5 Å². The number of rotatable bonds is 4. The Labute approximate surface area is 158 Å². The molecule has 0 saturated carbocycles. The van der Waals surface area contributed by atoms with Gasteiger partial charge in [-0.15, -0.1) is 0 Å². The summed E-state index contributed by atoms with van der Waals surface area (Å²) in [5.74, 6) is 0.373. The zero-order valence-corrected chi connectivity index (χ0v) is 16.0. The Morgan fingerprint density at radius 2 is 1.96 bits per heavy atom. The van der Waals surface area contributed by atoms with E-state index in [1.807, 2.05) is 62.7 Å². The van der Waals surface area contributed by atoms with Gasteiger partial charge < -0.3 is 10.4 Å². The molecule has 2 amide bonds. The topological polar surface area (TPSA) is 92.1 Å². The molecule has 0 aliphatic rings. The third-order valence-corrected chi connectivity index (χ3v) is 4.29. The number of aromatic nitrogens is 3. The lowest BCUT2D eigenvalue weighted by molar-refractivity contribution is 0.249. The summed E-state index contributed by atoms with van der Waals surface area (Å²) in [6, 6.07) is 11.0. The third kappa shape index (κ3) is 4.09. The second kappa shape index (κ2) is 7.36. The lowest BCUT2D eigenvalue weighted by atomic mass is 10.1. The Bertz CT molecular complexity index is 944. The van der Waals surface area contributed by atoms with Crippen LogP contribution in [0.25, 0.3) is 10.9 Å². The Hall–Kier alpha value is -2.93. The van der Waals surface area contributed by atoms with Gasteiger partial charge in [-0.25, -0.2) is 9.78 Å². The Morgan fingerprint density at radius 1 is 1.26 bits per heavy atom. The maximum Gasteiger partial charge on any atom is 0.320 e. The number of pyridine rings is 1. The molecular formula is C20H25N5O2. The van der Waals surface area contributed by atoms with Crippen LogP contribution in [-0.4, -0.2) is 25.9 Å². The van der Waals surface area contributed by atoms with Crippen LogP contribution in [0, 0.1) is 0 Å². The summed E-state index contributed by atoms with van der Waals surface area (Å²) < 4.78 is 1.84. The molecule has 7 nitrogen and oxygen atoms in total. The molecule has 0 saturated heterocycles. The second-order valence-corrected chi connectivity index (χ2v) is 7.51. The molecule has 142 valence electrons. The van der Waals surface area contributed by atoms with Crippen molar-refractivity contribution in [1.82, 2.24) is 20.1 Å². The molecule has 3 aromatic rings. The van der Waals surface area contributed by atoms with Gasteiger partial charge in [0, 0.05) is 5.39 Å². The van der Waals surface area contributed by atoms with E-state index in [9.17, 15) is 9.90 Å². The Kier molecular flexibility index (Phi) is 5.14. The van der Waals surface area contributed by atoms with Crippen molar-refractivity contribution in [3.8, 4) is 0 Å². The maximum absolute atomic E-state index is 12.4. The number of fused-ring (bicyclic) bond motifs is 1. The van der Waals surface area contributed by atoms with Gasteiger partial charge in [-0.1, -0.05) is 30.3 Å². The number of carbonyl (C=O) groups is 1. The van der Waals surface area contributed by atoms with E-state index < -0.39 is 0 Å². The van der Waals surface area contributed by atoms with Crippen molar-refractivity contribution in [3.05, 3.63) is 53.9 Å². The first kappa shape index (κ1) is 18.8. The molecule has 0 radical (unpaired) electrons. The van der Waals surface area contributed by atoms with E-state index >= 15 is 0 Å². The molecule has 3 N–H and O–H groups in total. The van der Waals surface area contributed by atoms with Crippen molar-refractivity contribution < 1.29 is 9.90 Å². The van der Waals surface area contributed by atoms with Crippen LogP contribution < -0.4 is 10.6 Å². The van der Waals surface area contributed by atoms with Gasteiger partial charge in [0.05, 0.1) is 35.6 Å². The van der Waals surface area contributed by atoms with Gasteiger partial charge in [-0.05, 0) is 39.3 Å². The van der Waals surface area contributed by atoms with Crippen LogP contribution in [0.5, 0.6) is 0 Å². The zero-order chi connectivity index (χ0) is 19.6. The van der Waals surface area contributed by atoms with Crippen molar-refractivity contribution in [1.29, 1.82) is 0 Å². The van der Waals surface area contributed by atoms with Gasteiger partial charge in [-0.3, -0.25) is 10.00 Å². The minimum Gasteiger partial charge on any atom is -0.390 e. The summed E-state index contributed by atoms with van der Waals surface area (Å²) in [7, 11) is 0. The number of hydrogen-bond donors (Lipinski definition) is 3. The summed E-state index contributed by atoms with van der Waals surface area (Å²) >= 11 is 0. The highest BCUT2D eigenvalue weighted by atomic mass is 16.3. The first-order valence-electron chi connectivity index (χ1n) is 8.91. The van der Waals surface area contributed by atoms with E-state index in [2.05, 4.69) is 20.7 Å². The molecule has 7 heteroatoms. The number of hydrogen-bond acceptors (Lipinski definition) is 4. The van der Waals surface area contributed by atoms with E-state index in [1.165, 1.54) is 0 Å². The fourth-order valence-electron chi connectivity index (χ4n) is 2.99. The zero-order valence-electron chi connectivity index (χ0n) is 16.0. The summed E-state index contributed by atoms with van der Waals surface area (Å²) in [5, 5.41) is 20.6. The van der Waals surface area contributed by atoms with Crippen LogP contribution in [0.2, 0.25) is 0 Å². The van der Waals surface area contributed by atoms with Crippen LogP contribution >= 0.6 is 0 Å². The van der Waals surface area contributed by atoms with Gasteiger partial charge in [0.1, 0.15) is 5.82 Å². The van der Waals surface area contributed by atoms with Gasteiger partial charge >= 0.3 is 6.03 Å². The third-order valence-electron chi connectivity index (χ3n) is 4.29. The number of benzene rings is 1. The van der Waals surface area contributed by atoms with Crippen LogP contribution in [0.1, 0.15) is 45.0 Å². The minimum atomic E-state index is -0.356. The number of urea groups is 1. The number of aliphatic hydroxyl groups excluding tert-OH is 1. The molecule has 27 heavy (non-hydrogen) atoms. The fourth-order valence-corrected chi connectivity index (χ4v) is 2.99. The normalized spacial score (nSPS) is 12.8. The first-order valence-corrected chi connectivity index (χ1v) is 8.91. The highest BCUT2D eigenvalue weighted by Crippen LogP contribution is 2.26. The number of anilines is 1. The van der Waals surface area contributed by atoms with Crippen LogP contribution in [-0.2, 0) is 12.1 Å². The van der Waals surface area contributed by atoms with Gasteiger partial charge in [0.15, 0.2) is 0 Å². The average molecular weight is 367 g/mol. The van der Waals surface area contributed by atoms with Crippen LogP contribution in [0.15, 0.2) is 42.6 Å². The molecule has 0 aliphatic heterocycles. The molecule has 2 heterocycles. The molecule has 0 unspecified atom stereocenters. The SMILES string of the molecule is C[C@@H](NC(=O)Nc1cc2cnn(C(C)(C)C)c2c(CO)n1)c1ccccc1. The molecule has 0 aliphatic carbocycles. The van der Waals surface area contributed by atoms with E-state index in [-0.39, 0.29) is 24.2 Å². The summed E-state index contributed by atoms with van der Waals surface area (Å²) in [4.78, 5) is 16.8. The Morgan fingerprint density at radius 3 is 2.59 bits per heavy atom. The number of nitrogens with one attached hydrogen (secondary N) is 2. The van der Waals surface area contributed by atoms with Crippen molar-refractivity contribution >= 4 is 22.8 Å². The monoisotopic (exact) mass is 367 g/mol. The number of nitrogens with zero attached hydrogens (tertiary/aromatic N) is 3. The molecule has 1 aromatic carbocycles. The average Bonchev–Trinajstić information content (AvgIpc) is 3.06. The Balaban J connectivity index is 1.82. The fraction of sp³-hybridized carbons (Fsp3) is 0.350. The van der Waals surface area contributed by atoms with Gasteiger partial charge in [0.25, 0.3) is 0 Å². The van der Waals surface area contributed by atoms with Gasteiger partial charge in [0.2, 0.25) is 0 Å². The van der Waals surface area contributed by atoms with Crippen molar-refractivity contribution in [2.75, 3.05) is 5.32 Å². The number of amides is 2. The van der Waals surface area contributed by atoms with E-state index in [4.69, 9.17) is 0 Å². The van der Waals surface area contributed by atoms with E-state index in [1.54, 1.807) is 12.3 Å². The maximum atomic E-state index is 12.4. The second-order valence-electron chi connectivity index (χ2n) is 7.51. The van der Waals surface area contributed by atoms with Gasteiger partial charge in [-0.2, -0.15) is 5.10 Å². The first-order chi connectivity index (χ1) is 12.8. The van der Waals surface area contributed by atoms with Crippen molar-refractivity contribution in [2.45, 2.75) is 45.9 Å². The lowest BCUT2D eigenvalue weighted by Crippen LogP contribution is -2.31. The highest BCUT2D eigenvalue weighted by Gasteiger charge is 2.21. The highest BCUT2D eigenvalue weighted by molar-refractivity contribution is 5.92. The quantitative estimate of drug-likeness (QED) is 0.657. The molecule has 2 aromatic heterocycles. The summed E-state index contributed by atoms with van der Waals surface area (Å²) in [6.45, 7) is 7.77. The van der Waals surface area contributed by atoms with E-state index in [0.29, 0.717) is 11.5 Å². The number of aliphatic hydroxyl groups is 1. The van der Waals surface area contributed by atoms with Crippen molar-refractivity contribution in [2.24, 2.45) is 0 Å². The smallest absolute Gasteiger partial charge is 0.320 e.